The van der Waals surface area contributed by atoms with Crippen molar-refractivity contribution in [3.8, 4) is 6.07 Å². The molecule has 7 nitrogen and oxygen atoms in total. The van der Waals surface area contributed by atoms with Crippen LogP contribution in [0.3, 0.4) is 0 Å². The Hall–Kier alpha value is -2.92. The van der Waals surface area contributed by atoms with E-state index >= 15 is 0 Å². The van der Waals surface area contributed by atoms with E-state index in [0.29, 0.717) is 39.6 Å². The van der Waals surface area contributed by atoms with Crippen molar-refractivity contribution < 1.29 is 14.5 Å². The second-order valence-electron chi connectivity index (χ2n) is 10.7. The van der Waals surface area contributed by atoms with Crippen molar-refractivity contribution in [2.24, 2.45) is 23.2 Å². The number of carbonyl (C=O) groups is 2. The fourth-order valence-electron chi connectivity index (χ4n) is 7.45. The predicted octanol–water partition coefficient (Wildman–Crippen LogP) is 5.40. The monoisotopic (exact) mass is 491 g/mol. The number of hydrogen-bond donors (Lipinski definition) is 1. The predicted molar refractivity (Wildman–Crippen MR) is 133 cm³/mol. The minimum atomic E-state index is -0.850. The van der Waals surface area contributed by atoms with Crippen molar-refractivity contribution in [1.82, 2.24) is 5.32 Å². The molecule has 0 amide bonds. The maximum Gasteiger partial charge on any atom is 0.273 e. The SMILES string of the molecule is CC(=O)C1=C(C)NC(SCC(=O)C23CC4CC(CC(C4)C2)C3)=C(C#N)C1c1ccccc1[N+](=O)[O-]. The highest BCUT2D eigenvalue weighted by Gasteiger charge is 2.54. The summed E-state index contributed by atoms with van der Waals surface area (Å²) < 4.78 is 0. The third-order valence-electron chi connectivity index (χ3n) is 8.45. The van der Waals surface area contributed by atoms with Gasteiger partial charge in [0.15, 0.2) is 5.78 Å². The van der Waals surface area contributed by atoms with Crippen molar-refractivity contribution in [3.63, 3.8) is 0 Å². The van der Waals surface area contributed by atoms with Gasteiger partial charge in [-0.05, 0) is 70.1 Å². The summed E-state index contributed by atoms with van der Waals surface area (Å²) >= 11 is 1.30. The number of para-hydroxylation sites is 1. The summed E-state index contributed by atoms with van der Waals surface area (Å²) in [6.07, 6.45) is 6.76. The smallest absolute Gasteiger partial charge is 0.273 e. The number of nitro benzene ring substituents is 1. The molecule has 0 saturated heterocycles. The minimum Gasteiger partial charge on any atom is -0.353 e. The fraction of sp³-hybridized carbons (Fsp3) is 0.519. The molecule has 1 unspecified atom stereocenters. The van der Waals surface area contributed by atoms with Crippen LogP contribution < -0.4 is 5.32 Å². The van der Waals surface area contributed by atoms with Crippen molar-refractivity contribution in [2.75, 3.05) is 5.75 Å². The zero-order valence-electron chi connectivity index (χ0n) is 20.0. The van der Waals surface area contributed by atoms with Crippen LogP contribution in [0.15, 0.2) is 46.1 Å². The number of nitrogens with one attached hydrogen (secondary N) is 1. The van der Waals surface area contributed by atoms with Crippen molar-refractivity contribution in [1.29, 1.82) is 5.26 Å². The summed E-state index contributed by atoms with van der Waals surface area (Å²) in [4.78, 5) is 37.5. The summed E-state index contributed by atoms with van der Waals surface area (Å²) in [5, 5.41) is 25.6. The van der Waals surface area contributed by atoms with Gasteiger partial charge in [-0.2, -0.15) is 5.26 Å². The number of nitrogens with zero attached hydrogens (tertiary/aromatic N) is 2. The molecule has 4 bridgehead atoms. The first kappa shape index (κ1) is 23.8. The number of rotatable bonds is 7. The Morgan fingerprint density at radius 2 is 1.77 bits per heavy atom. The molecule has 35 heavy (non-hydrogen) atoms. The van der Waals surface area contributed by atoms with Crippen LogP contribution in [-0.4, -0.2) is 22.2 Å². The van der Waals surface area contributed by atoms with Gasteiger partial charge in [-0.15, -0.1) is 0 Å². The van der Waals surface area contributed by atoms with E-state index in [1.165, 1.54) is 44.0 Å². The van der Waals surface area contributed by atoms with Crippen molar-refractivity contribution in [2.45, 2.75) is 58.3 Å². The van der Waals surface area contributed by atoms with E-state index in [0.717, 1.165) is 19.3 Å². The Kier molecular flexibility index (Phi) is 6.08. The Morgan fingerprint density at radius 3 is 2.31 bits per heavy atom. The van der Waals surface area contributed by atoms with Crippen LogP contribution in [0.1, 0.15) is 63.9 Å². The number of dihydropyridines is 1. The molecule has 4 aliphatic carbocycles. The molecular weight excluding hydrogens is 462 g/mol. The molecule has 1 aliphatic heterocycles. The summed E-state index contributed by atoms with van der Waals surface area (Å²) in [6.45, 7) is 3.15. The first-order chi connectivity index (χ1) is 16.7. The molecule has 1 heterocycles. The summed E-state index contributed by atoms with van der Waals surface area (Å²) in [5.74, 6) is 1.42. The standard InChI is InChI=1S/C27H29N3O4S/c1-15-24(16(2)31)25(20-5-3-4-6-22(20)30(33)34)21(13-28)26(29-15)35-14-23(32)27-10-17-7-18(11-27)9-19(8-17)12-27/h3-6,17-19,25,29H,7-12,14H2,1-2H3. The lowest BCUT2D eigenvalue weighted by Gasteiger charge is -2.56. The van der Waals surface area contributed by atoms with Gasteiger partial charge in [-0.25, -0.2) is 0 Å². The Morgan fingerprint density at radius 1 is 1.17 bits per heavy atom. The van der Waals surface area contributed by atoms with Gasteiger partial charge in [0.1, 0.15) is 5.78 Å². The molecule has 0 radical (unpaired) electrons. The Bertz CT molecular complexity index is 1190. The van der Waals surface area contributed by atoms with Crippen LogP contribution >= 0.6 is 11.8 Å². The molecule has 1 atom stereocenters. The van der Waals surface area contributed by atoms with Gasteiger partial charge in [-0.1, -0.05) is 30.0 Å². The first-order valence-electron chi connectivity index (χ1n) is 12.2. The maximum absolute atomic E-state index is 13.6. The van der Waals surface area contributed by atoms with E-state index in [1.54, 1.807) is 25.1 Å². The first-order valence-corrected chi connectivity index (χ1v) is 13.2. The molecule has 1 aromatic carbocycles. The number of Topliss-reactive ketones (excluding diaryl/α,β-unsaturated/α-hetero) is 2. The van der Waals surface area contributed by atoms with E-state index in [1.807, 2.05) is 0 Å². The van der Waals surface area contributed by atoms with Gasteiger partial charge in [0.25, 0.3) is 5.69 Å². The van der Waals surface area contributed by atoms with E-state index < -0.39 is 10.8 Å². The summed E-state index contributed by atoms with van der Waals surface area (Å²) in [7, 11) is 0. The molecule has 4 fully saturated rings. The number of thioether (sulfide) groups is 1. The van der Waals surface area contributed by atoms with Crippen molar-refractivity contribution >= 4 is 29.0 Å². The van der Waals surface area contributed by atoms with Gasteiger partial charge in [0, 0.05) is 28.3 Å². The molecule has 5 aliphatic rings. The molecule has 0 spiro atoms. The van der Waals surface area contributed by atoms with E-state index in [9.17, 15) is 25.0 Å². The van der Waals surface area contributed by atoms with Gasteiger partial charge in [0.2, 0.25) is 0 Å². The largest absolute Gasteiger partial charge is 0.353 e. The third-order valence-corrected chi connectivity index (χ3v) is 9.47. The minimum absolute atomic E-state index is 0.132. The van der Waals surface area contributed by atoms with Crippen LogP contribution in [0.25, 0.3) is 0 Å². The zero-order valence-corrected chi connectivity index (χ0v) is 20.8. The molecular formula is C27H29N3O4S. The van der Waals surface area contributed by atoms with E-state index in [-0.39, 0.29) is 34.0 Å². The zero-order chi connectivity index (χ0) is 24.9. The Balaban J connectivity index is 1.46. The molecule has 0 aromatic heterocycles. The second-order valence-corrected chi connectivity index (χ2v) is 11.7. The van der Waals surface area contributed by atoms with Gasteiger partial charge in [0.05, 0.1) is 33.3 Å². The van der Waals surface area contributed by atoms with Gasteiger partial charge < -0.3 is 5.32 Å². The number of carbonyl (C=O) groups excluding carboxylic acids is 2. The molecule has 1 aromatic rings. The quantitative estimate of drug-likeness (QED) is 0.401. The normalized spacial score (nSPS) is 31.2. The number of nitro groups is 1. The fourth-order valence-corrected chi connectivity index (χ4v) is 8.57. The van der Waals surface area contributed by atoms with E-state index in [2.05, 4.69) is 11.4 Å². The molecule has 6 rings (SSSR count). The highest BCUT2D eigenvalue weighted by atomic mass is 32.2. The number of nitriles is 1. The highest BCUT2D eigenvalue weighted by molar-refractivity contribution is 8.03. The van der Waals surface area contributed by atoms with Crippen LogP contribution in [-0.2, 0) is 9.59 Å². The lowest BCUT2D eigenvalue weighted by molar-refractivity contribution is -0.385. The number of benzene rings is 1. The molecule has 1 N–H and O–H groups in total. The molecule has 4 saturated carbocycles. The van der Waals surface area contributed by atoms with Crippen LogP contribution in [0, 0.1) is 44.6 Å². The van der Waals surface area contributed by atoms with E-state index in [4.69, 9.17) is 0 Å². The third kappa shape index (κ3) is 4.10. The van der Waals surface area contributed by atoms with Crippen LogP contribution in [0.4, 0.5) is 5.69 Å². The lowest BCUT2D eigenvalue weighted by Crippen LogP contribution is -2.50. The van der Waals surface area contributed by atoms with Gasteiger partial charge >= 0.3 is 0 Å². The summed E-state index contributed by atoms with van der Waals surface area (Å²) in [6, 6.07) is 8.45. The van der Waals surface area contributed by atoms with Crippen LogP contribution in [0.2, 0.25) is 0 Å². The number of allylic oxidation sites excluding steroid dienone is 3. The van der Waals surface area contributed by atoms with Crippen LogP contribution in [0.5, 0.6) is 0 Å². The lowest BCUT2D eigenvalue weighted by atomic mass is 9.48. The average Bonchev–Trinajstić information content (AvgIpc) is 2.80. The van der Waals surface area contributed by atoms with Crippen molar-refractivity contribution in [3.05, 3.63) is 61.8 Å². The average molecular weight is 492 g/mol. The highest BCUT2D eigenvalue weighted by Crippen LogP contribution is 2.60. The number of ketones is 2. The van der Waals surface area contributed by atoms with Gasteiger partial charge in [-0.3, -0.25) is 19.7 Å². The molecule has 8 heteroatoms. The second kappa shape index (κ2) is 8.94. The summed E-state index contributed by atoms with van der Waals surface area (Å²) in [5.41, 5.74) is 1.10. The molecule has 182 valence electrons. The number of hydrogen-bond acceptors (Lipinski definition) is 7. The Labute approximate surface area is 209 Å². The maximum atomic E-state index is 13.6. The topological polar surface area (TPSA) is 113 Å².